The summed E-state index contributed by atoms with van der Waals surface area (Å²) in [4.78, 5) is 42.1. The molecule has 2 aromatic carbocycles. The Balaban J connectivity index is 1.55. The molecular weight excluding hydrogens is 370 g/mol. The van der Waals surface area contributed by atoms with Crippen molar-refractivity contribution < 1.29 is 19.1 Å². The first-order valence-electron chi connectivity index (χ1n) is 9.19. The predicted octanol–water partition coefficient (Wildman–Crippen LogP) is 3.38. The minimum absolute atomic E-state index is 0.234. The summed E-state index contributed by atoms with van der Waals surface area (Å²) < 4.78 is 4.75. The molecule has 0 atom stereocenters. The Hall–Kier alpha value is -3.74. The van der Waals surface area contributed by atoms with Crippen molar-refractivity contribution in [3.05, 3.63) is 66.4 Å². The molecule has 0 aliphatic heterocycles. The van der Waals surface area contributed by atoms with Gasteiger partial charge in [-0.2, -0.15) is 0 Å². The molecule has 3 aromatic rings. The van der Waals surface area contributed by atoms with Crippen LogP contribution in [0.5, 0.6) is 0 Å². The summed E-state index contributed by atoms with van der Waals surface area (Å²) in [7, 11) is 1.27. The van der Waals surface area contributed by atoms with Crippen LogP contribution in [0.25, 0.3) is 10.9 Å². The van der Waals surface area contributed by atoms with E-state index in [9.17, 15) is 14.4 Å². The van der Waals surface area contributed by atoms with Crippen LogP contribution in [0.15, 0.2) is 60.8 Å². The van der Waals surface area contributed by atoms with E-state index in [1.54, 1.807) is 36.5 Å². The number of hydrogen-bond donors (Lipinski definition) is 2. The molecule has 1 saturated carbocycles. The first-order chi connectivity index (χ1) is 14.0. The zero-order chi connectivity index (χ0) is 20.4. The Morgan fingerprint density at radius 1 is 0.897 bits per heavy atom. The molecule has 4 rings (SSSR count). The van der Waals surface area contributed by atoms with Crippen molar-refractivity contribution in [1.82, 2.24) is 4.98 Å². The van der Waals surface area contributed by atoms with Gasteiger partial charge in [-0.3, -0.25) is 14.6 Å². The largest absolute Gasteiger partial charge is 0.465 e. The Labute approximate surface area is 167 Å². The van der Waals surface area contributed by atoms with Crippen LogP contribution in [-0.2, 0) is 14.3 Å². The van der Waals surface area contributed by atoms with Crippen LogP contribution in [0.3, 0.4) is 0 Å². The summed E-state index contributed by atoms with van der Waals surface area (Å²) in [6.07, 6.45) is 2.52. The molecule has 7 heteroatoms. The number of esters is 1. The maximum Gasteiger partial charge on any atom is 0.339 e. The van der Waals surface area contributed by atoms with E-state index < -0.39 is 17.3 Å². The van der Waals surface area contributed by atoms with Crippen LogP contribution in [0.1, 0.15) is 23.2 Å². The van der Waals surface area contributed by atoms with Gasteiger partial charge in [-0.05, 0) is 37.1 Å². The van der Waals surface area contributed by atoms with E-state index in [2.05, 4.69) is 15.6 Å². The smallest absolute Gasteiger partial charge is 0.339 e. The second-order valence-corrected chi connectivity index (χ2v) is 6.91. The number of anilines is 2. The minimum atomic E-state index is -1.17. The number of para-hydroxylation sites is 2. The second kappa shape index (κ2) is 7.35. The molecule has 1 fully saturated rings. The summed E-state index contributed by atoms with van der Waals surface area (Å²) in [5.74, 6) is -1.39. The minimum Gasteiger partial charge on any atom is -0.465 e. The van der Waals surface area contributed by atoms with Gasteiger partial charge in [0.1, 0.15) is 5.41 Å². The molecule has 0 radical (unpaired) electrons. The number of hydrogen-bond acceptors (Lipinski definition) is 5. The number of fused-ring (bicyclic) bond motifs is 1. The van der Waals surface area contributed by atoms with Crippen molar-refractivity contribution in [2.45, 2.75) is 12.8 Å². The average Bonchev–Trinajstić information content (AvgIpc) is 3.56. The molecule has 29 heavy (non-hydrogen) atoms. The molecule has 1 aliphatic rings. The maximum absolute atomic E-state index is 13.0. The van der Waals surface area contributed by atoms with Crippen molar-refractivity contribution in [3.8, 4) is 0 Å². The fourth-order valence-electron chi connectivity index (χ4n) is 3.25. The lowest BCUT2D eigenvalue weighted by molar-refractivity contribution is -0.131. The van der Waals surface area contributed by atoms with Crippen LogP contribution in [0.4, 0.5) is 11.4 Å². The topological polar surface area (TPSA) is 97.4 Å². The van der Waals surface area contributed by atoms with E-state index in [-0.39, 0.29) is 11.5 Å². The van der Waals surface area contributed by atoms with Gasteiger partial charge in [-0.25, -0.2) is 4.79 Å². The Morgan fingerprint density at radius 3 is 2.28 bits per heavy atom. The zero-order valence-electron chi connectivity index (χ0n) is 15.8. The number of methoxy groups -OCH3 is 1. The van der Waals surface area contributed by atoms with Gasteiger partial charge >= 0.3 is 5.97 Å². The second-order valence-electron chi connectivity index (χ2n) is 6.91. The fraction of sp³-hybridized carbons (Fsp3) is 0.182. The van der Waals surface area contributed by atoms with Crippen LogP contribution in [0, 0.1) is 5.41 Å². The molecule has 0 bridgehead atoms. The highest BCUT2D eigenvalue weighted by Crippen LogP contribution is 2.48. The molecule has 0 saturated heterocycles. The van der Waals surface area contributed by atoms with Crippen molar-refractivity contribution in [1.29, 1.82) is 0 Å². The van der Waals surface area contributed by atoms with Gasteiger partial charge in [0.2, 0.25) is 11.8 Å². The number of nitrogens with one attached hydrogen (secondary N) is 2. The van der Waals surface area contributed by atoms with E-state index in [4.69, 9.17) is 4.74 Å². The van der Waals surface area contributed by atoms with Crippen molar-refractivity contribution in [3.63, 3.8) is 0 Å². The van der Waals surface area contributed by atoms with Crippen molar-refractivity contribution in [2.75, 3.05) is 17.7 Å². The zero-order valence-corrected chi connectivity index (χ0v) is 15.8. The van der Waals surface area contributed by atoms with Gasteiger partial charge in [0, 0.05) is 11.6 Å². The first-order valence-corrected chi connectivity index (χ1v) is 9.19. The van der Waals surface area contributed by atoms with Gasteiger partial charge in [0.15, 0.2) is 0 Å². The average molecular weight is 389 g/mol. The monoisotopic (exact) mass is 389 g/mol. The van der Waals surface area contributed by atoms with Crippen LogP contribution in [-0.4, -0.2) is 29.9 Å². The van der Waals surface area contributed by atoms with Gasteiger partial charge in [0.25, 0.3) is 0 Å². The SMILES string of the molecule is COC(=O)c1ccccc1NC(=O)C1(C(=O)Nc2cccc3cccnc23)CC1. The molecule has 7 nitrogen and oxygen atoms in total. The summed E-state index contributed by atoms with van der Waals surface area (Å²) in [5.41, 5.74) is 0.603. The maximum atomic E-state index is 13.0. The van der Waals surface area contributed by atoms with E-state index in [0.717, 1.165) is 5.39 Å². The Bertz CT molecular complexity index is 1120. The molecule has 146 valence electrons. The molecule has 2 amide bonds. The number of carbonyl (C=O) groups excluding carboxylic acids is 3. The van der Waals surface area contributed by atoms with Crippen LogP contribution < -0.4 is 10.6 Å². The highest BCUT2D eigenvalue weighted by molar-refractivity contribution is 6.18. The molecular formula is C22H19N3O4. The van der Waals surface area contributed by atoms with Crippen LogP contribution >= 0.6 is 0 Å². The highest BCUT2D eigenvalue weighted by Gasteiger charge is 2.56. The number of rotatable bonds is 5. The predicted molar refractivity (Wildman–Crippen MR) is 108 cm³/mol. The highest BCUT2D eigenvalue weighted by atomic mass is 16.5. The number of amides is 2. The van der Waals surface area contributed by atoms with Crippen molar-refractivity contribution in [2.24, 2.45) is 5.41 Å². The number of ether oxygens (including phenoxy) is 1. The number of carbonyl (C=O) groups is 3. The number of benzene rings is 2. The number of nitrogens with zero attached hydrogens (tertiary/aromatic N) is 1. The lowest BCUT2D eigenvalue weighted by Crippen LogP contribution is -2.36. The third kappa shape index (κ3) is 3.42. The summed E-state index contributed by atoms with van der Waals surface area (Å²) in [5, 5.41) is 6.46. The Kier molecular flexibility index (Phi) is 4.72. The standard InChI is InChI=1S/C22H19N3O4/c1-29-19(26)15-8-2-3-9-16(15)24-20(27)22(11-12-22)21(28)25-17-10-4-6-14-7-5-13-23-18(14)17/h2-10,13H,11-12H2,1H3,(H,24,27)(H,25,28). The molecule has 0 spiro atoms. The first kappa shape index (κ1) is 18.6. The normalized spacial score (nSPS) is 14.1. The lowest BCUT2D eigenvalue weighted by atomic mass is 10.0. The van der Waals surface area contributed by atoms with E-state index >= 15 is 0 Å². The molecule has 1 heterocycles. The van der Waals surface area contributed by atoms with Gasteiger partial charge in [0.05, 0.1) is 29.6 Å². The van der Waals surface area contributed by atoms with E-state index in [1.807, 2.05) is 24.3 Å². The van der Waals surface area contributed by atoms with Gasteiger partial charge < -0.3 is 15.4 Å². The van der Waals surface area contributed by atoms with E-state index in [1.165, 1.54) is 7.11 Å². The molecule has 2 N–H and O–H groups in total. The van der Waals surface area contributed by atoms with Crippen molar-refractivity contribution >= 4 is 40.1 Å². The molecule has 1 aromatic heterocycles. The quantitative estimate of drug-likeness (QED) is 0.515. The van der Waals surface area contributed by atoms with Gasteiger partial charge in [-0.1, -0.05) is 30.3 Å². The summed E-state index contributed by atoms with van der Waals surface area (Å²) >= 11 is 0. The Morgan fingerprint density at radius 2 is 1.55 bits per heavy atom. The molecule has 1 aliphatic carbocycles. The van der Waals surface area contributed by atoms with Crippen LogP contribution in [0.2, 0.25) is 0 Å². The third-order valence-electron chi connectivity index (χ3n) is 5.08. The third-order valence-corrected chi connectivity index (χ3v) is 5.08. The number of aromatic nitrogens is 1. The summed E-state index contributed by atoms with van der Waals surface area (Å²) in [6, 6.07) is 15.7. The lowest BCUT2D eigenvalue weighted by Gasteiger charge is -2.17. The van der Waals surface area contributed by atoms with Gasteiger partial charge in [-0.15, -0.1) is 0 Å². The molecule has 0 unspecified atom stereocenters. The van der Waals surface area contributed by atoms with E-state index in [0.29, 0.717) is 29.7 Å². The number of pyridine rings is 1. The summed E-state index contributed by atoms with van der Waals surface area (Å²) in [6.45, 7) is 0. The fourth-order valence-corrected chi connectivity index (χ4v) is 3.25.